The van der Waals surface area contributed by atoms with Gasteiger partial charge in [-0.2, -0.15) is 0 Å². The Labute approximate surface area is 321 Å². The topological polar surface area (TPSA) is 13.1 Å². The molecule has 0 aliphatic heterocycles. The highest BCUT2D eigenvalue weighted by atomic mass is 16.3. The van der Waals surface area contributed by atoms with E-state index in [9.17, 15) is 0 Å². The van der Waals surface area contributed by atoms with E-state index in [1.54, 1.807) is 12.1 Å². The van der Waals surface area contributed by atoms with Crippen LogP contribution in [0, 0.1) is 0 Å². The molecule has 53 heavy (non-hydrogen) atoms. The lowest BCUT2D eigenvalue weighted by Crippen LogP contribution is -1.91. The van der Waals surface area contributed by atoms with Gasteiger partial charge in [-0.25, -0.2) is 0 Å². The molecule has 1 nitrogen and oxygen atoms in total. The van der Waals surface area contributed by atoms with Crippen LogP contribution in [-0.2, 0) is 0 Å². The van der Waals surface area contributed by atoms with Gasteiger partial charge in [0.1, 0.15) is 11.2 Å². The third-order valence-electron chi connectivity index (χ3n) is 10.4. The highest BCUT2D eigenvalue weighted by Crippen LogP contribution is 2.46. The molecular formula is C52H32O. The SMILES string of the molecule is [2H]c1c([2H])c([2H])c(-c2ccc3c(c2)oc2cc(-c4cc5ccccc5c5ccc(-c6c7ccccc7c(-c7c([2H])c([2H])c([2H])c([2H])c7[2H])c7ccccc67)cc45)ccc23)c([2H])c1[2H]. The molecule has 1 heterocycles. The molecule has 0 N–H and O–H groups in total. The summed E-state index contributed by atoms with van der Waals surface area (Å²) in [7, 11) is 0. The first kappa shape index (κ1) is 21.4. The van der Waals surface area contributed by atoms with Gasteiger partial charge in [-0.3, -0.25) is 0 Å². The van der Waals surface area contributed by atoms with Gasteiger partial charge in [-0.05, 0) is 124 Å². The van der Waals surface area contributed by atoms with Crippen molar-refractivity contribution in [3.05, 3.63) is 194 Å². The smallest absolute Gasteiger partial charge is 0.136 e. The van der Waals surface area contributed by atoms with E-state index in [0.717, 1.165) is 76.1 Å². The van der Waals surface area contributed by atoms with Crippen molar-refractivity contribution in [2.45, 2.75) is 0 Å². The van der Waals surface area contributed by atoms with Crippen LogP contribution in [0.1, 0.15) is 13.7 Å². The second-order valence-corrected chi connectivity index (χ2v) is 13.3. The molecule has 246 valence electrons. The third kappa shape index (κ3) is 4.71. The van der Waals surface area contributed by atoms with Crippen LogP contribution in [-0.4, -0.2) is 0 Å². The van der Waals surface area contributed by atoms with Gasteiger partial charge < -0.3 is 4.42 Å². The van der Waals surface area contributed by atoms with Crippen molar-refractivity contribution in [1.82, 2.24) is 0 Å². The summed E-state index contributed by atoms with van der Waals surface area (Å²) >= 11 is 0. The molecule has 1 heteroatoms. The molecule has 0 aliphatic carbocycles. The van der Waals surface area contributed by atoms with E-state index in [2.05, 4.69) is 42.5 Å². The first-order valence-corrected chi connectivity index (χ1v) is 17.4. The third-order valence-corrected chi connectivity index (χ3v) is 10.4. The minimum absolute atomic E-state index is 0.117. The summed E-state index contributed by atoms with van der Waals surface area (Å²) in [5, 5.41) is 9.25. The lowest BCUT2D eigenvalue weighted by Gasteiger charge is -2.19. The maximum atomic E-state index is 8.95. The summed E-state index contributed by atoms with van der Waals surface area (Å²) in [5.74, 6) is 0. The zero-order chi connectivity index (χ0) is 43.6. The predicted octanol–water partition coefficient (Wildman–Crippen LogP) is 14.9. The molecule has 11 aromatic rings. The quantitative estimate of drug-likeness (QED) is 0.133. The van der Waals surface area contributed by atoms with E-state index >= 15 is 0 Å². The van der Waals surface area contributed by atoms with Crippen molar-refractivity contribution < 1.29 is 18.1 Å². The average Bonchev–Trinajstić information content (AvgIpc) is 3.68. The number of fused-ring (bicyclic) bond motifs is 8. The minimum Gasteiger partial charge on any atom is -0.456 e. The maximum absolute atomic E-state index is 8.95. The average molecular weight is 683 g/mol. The highest BCUT2D eigenvalue weighted by Gasteiger charge is 2.18. The van der Waals surface area contributed by atoms with E-state index in [1.807, 2.05) is 78.9 Å². The molecule has 0 fully saturated rings. The maximum Gasteiger partial charge on any atom is 0.136 e. The summed E-state index contributed by atoms with van der Waals surface area (Å²) in [5.41, 5.74) is 6.32. The van der Waals surface area contributed by atoms with Crippen molar-refractivity contribution in [3.63, 3.8) is 0 Å². The number of furan rings is 1. The van der Waals surface area contributed by atoms with Crippen molar-refractivity contribution >= 4 is 65.0 Å². The van der Waals surface area contributed by atoms with Crippen LogP contribution in [0.2, 0.25) is 0 Å². The largest absolute Gasteiger partial charge is 0.456 e. The van der Waals surface area contributed by atoms with Crippen LogP contribution >= 0.6 is 0 Å². The first-order valence-electron chi connectivity index (χ1n) is 22.4. The summed E-state index contributed by atoms with van der Waals surface area (Å²) in [6.45, 7) is 0. The molecule has 11 rings (SSSR count). The van der Waals surface area contributed by atoms with Gasteiger partial charge in [0.15, 0.2) is 0 Å². The van der Waals surface area contributed by atoms with Crippen LogP contribution in [0.4, 0.5) is 0 Å². The number of rotatable bonds is 4. The molecular weight excluding hydrogens is 641 g/mol. The Morgan fingerprint density at radius 3 is 1.45 bits per heavy atom. The van der Waals surface area contributed by atoms with E-state index < -0.39 is 24.2 Å². The Morgan fingerprint density at radius 1 is 0.321 bits per heavy atom. The van der Waals surface area contributed by atoms with E-state index in [0.29, 0.717) is 22.3 Å². The first-order chi connectivity index (χ1) is 30.4. The van der Waals surface area contributed by atoms with Gasteiger partial charge in [0.25, 0.3) is 0 Å². The standard InChI is InChI=1S/C52H32O/c1-3-13-33(14-4-1)35-23-27-41-42-28-24-37(32-50(42)53-49(41)31-35)47-29-36-17-7-8-18-39(36)40-26-25-38(30-48(40)47)52-45-21-11-9-19-43(45)51(34-15-5-2-6-16-34)44-20-10-12-22-46(44)52/h1-32H/i1D,2D,3D,4D,5D,6D,13D,14D,15D,16D. The van der Waals surface area contributed by atoms with Crippen molar-refractivity contribution in [1.29, 1.82) is 0 Å². The second-order valence-electron chi connectivity index (χ2n) is 13.3. The van der Waals surface area contributed by atoms with Gasteiger partial charge in [-0.1, -0.05) is 157 Å². The molecule has 0 aliphatic rings. The second kappa shape index (κ2) is 11.8. The monoisotopic (exact) mass is 682 g/mol. The van der Waals surface area contributed by atoms with Gasteiger partial charge >= 0.3 is 0 Å². The molecule has 0 saturated carbocycles. The fourth-order valence-electron chi connectivity index (χ4n) is 8.08. The molecule has 0 unspecified atom stereocenters. The van der Waals surface area contributed by atoms with Crippen LogP contribution < -0.4 is 0 Å². The van der Waals surface area contributed by atoms with Crippen LogP contribution in [0.25, 0.3) is 110 Å². The van der Waals surface area contributed by atoms with Gasteiger partial charge in [0.05, 0.1) is 13.7 Å². The Kier molecular flexibility index (Phi) is 4.77. The van der Waals surface area contributed by atoms with E-state index in [1.165, 1.54) is 0 Å². The van der Waals surface area contributed by atoms with Gasteiger partial charge in [0.2, 0.25) is 0 Å². The Balaban J connectivity index is 1.14. The van der Waals surface area contributed by atoms with Crippen LogP contribution in [0.5, 0.6) is 0 Å². The molecule has 0 saturated heterocycles. The number of hydrogen-bond acceptors (Lipinski definition) is 1. The minimum atomic E-state index is -0.439. The molecule has 0 bridgehead atoms. The lowest BCUT2D eigenvalue weighted by atomic mass is 9.84. The number of benzene rings is 10. The van der Waals surface area contributed by atoms with E-state index in [4.69, 9.17) is 18.1 Å². The molecule has 0 atom stereocenters. The zero-order valence-electron chi connectivity index (χ0n) is 38.1. The van der Waals surface area contributed by atoms with Crippen molar-refractivity contribution in [2.75, 3.05) is 0 Å². The van der Waals surface area contributed by atoms with Crippen LogP contribution in [0.15, 0.2) is 198 Å². The van der Waals surface area contributed by atoms with Gasteiger partial charge in [0, 0.05) is 10.8 Å². The summed E-state index contributed by atoms with van der Waals surface area (Å²) in [6, 6.07) is 40.7. The van der Waals surface area contributed by atoms with Crippen molar-refractivity contribution in [3.8, 4) is 44.5 Å². The summed E-state index contributed by atoms with van der Waals surface area (Å²) in [4.78, 5) is 0. The van der Waals surface area contributed by atoms with Gasteiger partial charge in [-0.15, -0.1) is 0 Å². The zero-order valence-corrected chi connectivity index (χ0v) is 28.1. The van der Waals surface area contributed by atoms with Crippen LogP contribution in [0.3, 0.4) is 0 Å². The van der Waals surface area contributed by atoms with E-state index in [-0.39, 0.29) is 47.4 Å². The predicted molar refractivity (Wildman–Crippen MR) is 225 cm³/mol. The molecule has 10 aromatic carbocycles. The number of hydrogen-bond donors (Lipinski definition) is 0. The Morgan fingerprint density at radius 2 is 0.811 bits per heavy atom. The fraction of sp³-hybridized carbons (Fsp3) is 0. The van der Waals surface area contributed by atoms with Crippen molar-refractivity contribution in [2.24, 2.45) is 0 Å². The molecule has 1 aromatic heterocycles. The molecule has 0 radical (unpaired) electrons. The normalized spacial score (nSPS) is 14.4. The lowest BCUT2D eigenvalue weighted by molar-refractivity contribution is 0.669. The molecule has 0 amide bonds. The Bertz CT molecular complexity index is 3700. The summed E-state index contributed by atoms with van der Waals surface area (Å²) in [6.07, 6.45) is 0. The Hall–Kier alpha value is -6.96. The fourth-order valence-corrected chi connectivity index (χ4v) is 8.08. The summed E-state index contributed by atoms with van der Waals surface area (Å²) < 4.78 is 91.2. The molecule has 0 spiro atoms. The highest BCUT2D eigenvalue weighted by molar-refractivity contribution is 6.23.